The van der Waals surface area contributed by atoms with Crippen molar-refractivity contribution in [3.63, 3.8) is 0 Å². The van der Waals surface area contributed by atoms with Crippen molar-refractivity contribution in [2.24, 2.45) is 0 Å². The lowest BCUT2D eigenvalue weighted by Crippen LogP contribution is -2.18. The fourth-order valence-corrected chi connectivity index (χ4v) is 2.92. The second kappa shape index (κ2) is 9.61. The Kier molecular flexibility index (Phi) is 6.27. The Hall–Kier alpha value is -4.39. The van der Waals surface area contributed by atoms with Crippen LogP contribution in [0.3, 0.4) is 0 Å². The summed E-state index contributed by atoms with van der Waals surface area (Å²) in [5, 5.41) is 0.605. The Morgan fingerprint density at radius 2 is 1.47 bits per heavy atom. The zero-order chi connectivity index (χ0) is 22.3. The van der Waals surface area contributed by atoms with E-state index >= 15 is 0 Å². The molecule has 0 spiro atoms. The largest absolute Gasteiger partial charge is 0.490 e. The standard InChI is InChI=1S/C25H18O7/c26-23(30-15-14-29-19-7-2-1-3-8-19)17-10-12-20(13-11-17)31-24(27)21-16-18-6-4-5-9-22(18)32-25(21)28/h1-13,16H,14-15H2. The van der Waals surface area contributed by atoms with Gasteiger partial charge in [-0.25, -0.2) is 14.4 Å². The van der Waals surface area contributed by atoms with Gasteiger partial charge in [-0.05, 0) is 48.5 Å². The van der Waals surface area contributed by atoms with Gasteiger partial charge in [-0.3, -0.25) is 0 Å². The number of esters is 2. The highest BCUT2D eigenvalue weighted by Crippen LogP contribution is 2.17. The van der Waals surface area contributed by atoms with E-state index in [-0.39, 0.29) is 30.1 Å². The van der Waals surface area contributed by atoms with Crippen molar-refractivity contribution in [1.82, 2.24) is 0 Å². The molecule has 1 heterocycles. The number of rotatable bonds is 7. The Bertz CT molecular complexity index is 1290. The lowest BCUT2D eigenvalue weighted by molar-refractivity contribution is 0.0450. The zero-order valence-electron chi connectivity index (χ0n) is 16.9. The van der Waals surface area contributed by atoms with Crippen LogP contribution in [-0.2, 0) is 4.74 Å². The van der Waals surface area contributed by atoms with Crippen LogP contribution in [0.5, 0.6) is 11.5 Å². The molecule has 0 saturated heterocycles. The van der Waals surface area contributed by atoms with E-state index in [1.54, 1.807) is 24.3 Å². The van der Waals surface area contributed by atoms with Gasteiger partial charge >= 0.3 is 17.6 Å². The molecule has 0 aliphatic heterocycles. The van der Waals surface area contributed by atoms with Crippen LogP contribution in [0.25, 0.3) is 11.0 Å². The maximum absolute atomic E-state index is 12.4. The Morgan fingerprint density at radius 1 is 0.750 bits per heavy atom. The monoisotopic (exact) mass is 430 g/mol. The first-order chi connectivity index (χ1) is 15.6. The van der Waals surface area contributed by atoms with E-state index in [4.69, 9.17) is 18.6 Å². The number of carbonyl (C=O) groups excluding carboxylic acids is 2. The maximum Gasteiger partial charge on any atom is 0.351 e. The molecule has 160 valence electrons. The molecule has 0 aliphatic carbocycles. The molecular formula is C25H18O7. The van der Waals surface area contributed by atoms with Crippen molar-refractivity contribution < 1.29 is 28.2 Å². The van der Waals surface area contributed by atoms with E-state index in [0.29, 0.717) is 16.7 Å². The van der Waals surface area contributed by atoms with Crippen LogP contribution in [0, 0.1) is 0 Å². The fraction of sp³-hybridized carbons (Fsp3) is 0.0800. The van der Waals surface area contributed by atoms with Crippen molar-refractivity contribution in [2.75, 3.05) is 13.2 Å². The molecule has 0 fully saturated rings. The molecule has 7 heteroatoms. The van der Waals surface area contributed by atoms with Gasteiger partial charge in [-0.15, -0.1) is 0 Å². The van der Waals surface area contributed by atoms with Gasteiger partial charge in [0, 0.05) is 5.39 Å². The second-order valence-electron chi connectivity index (χ2n) is 6.70. The highest BCUT2D eigenvalue weighted by Gasteiger charge is 2.16. The van der Waals surface area contributed by atoms with Crippen molar-refractivity contribution in [2.45, 2.75) is 0 Å². The average molecular weight is 430 g/mol. The first-order valence-electron chi connectivity index (χ1n) is 9.80. The van der Waals surface area contributed by atoms with E-state index < -0.39 is 17.6 Å². The topological polar surface area (TPSA) is 92.0 Å². The van der Waals surface area contributed by atoms with Gasteiger partial charge in [0.2, 0.25) is 0 Å². The van der Waals surface area contributed by atoms with Gasteiger partial charge in [0.1, 0.15) is 35.9 Å². The van der Waals surface area contributed by atoms with Gasteiger partial charge in [0.15, 0.2) is 0 Å². The molecule has 0 unspecified atom stereocenters. The van der Waals surface area contributed by atoms with Crippen LogP contribution in [-0.4, -0.2) is 25.2 Å². The molecule has 0 bridgehead atoms. The molecule has 3 aromatic carbocycles. The first-order valence-corrected chi connectivity index (χ1v) is 9.80. The van der Waals surface area contributed by atoms with Crippen LogP contribution >= 0.6 is 0 Å². The summed E-state index contributed by atoms with van der Waals surface area (Å²) in [6.45, 7) is 0.308. The van der Waals surface area contributed by atoms with Gasteiger partial charge in [-0.1, -0.05) is 36.4 Å². The normalized spacial score (nSPS) is 10.5. The summed E-state index contributed by atoms with van der Waals surface area (Å²) in [5.74, 6) is -0.519. The first kappa shape index (κ1) is 20.9. The van der Waals surface area contributed by atoms with Gasteiger partial charge < -0.3 is 18.6 Å². The van der Waals surface area contributed by atoms with Crippen LogP contribution < -0.4 is 15.1 Å². The Morgan fingerprint density at radius 3 is 2.25 bits per heavy atom. The molecule has 0 aliphatic rings. The van der Waals surface area contributed by atoms with Gasteiger partial charge in [0.25, 0.3) is 0 Å². The quantitative estimate of drug-likeness (QED) is 0.187. The number of hydrogen-bond donors (Lipinski definition) is 0. The van der Waals surface area contributed by atoms with Crippen molar-refractivity contribution in [1.29, 1.82) is 0 Å². The SMILES string of the molecule is O=C(OCCOc1ccccc1)c1ccc(OC(=O)c2cc3ccccc3oc2=O)cc1. The van der Waals surface area contributed by atoms with Crippen LogP contribution in [0.4, 0.5) is 0 Å². The van der Waals surface area contributed by atoms with E-state index in [2.05, 4.69) is 0 Å². The predicted octanol–water partition coefficient (Wildman–Crippen LogP) is 4.25. The molecule has 32 heavy (non-hydrogen) atoms. The van der Waals surface area contributed by atoms with Crippen molar-refractivity contribution in [3.05, 3.63) is 106 Å². The lowest BCUT2D eigenvalue weighted by Gasteiger charge is -2.08. The van der Waals surface area contributed by atoms with Crippen LogP contribution in [0.2, 0.25) is 0 Å². The Balaban J connectivity index is 1.33. The number of fused-ring (bicyclic) bond motifs is 1. The predicted molar refractivity (Wildman–Crippen MR) is 116 cm³/mol. The molecule has 0 N–H and O–H groups in total. The fourth-order valence-electron chi connectivity index (χ4n) is 2.92. The minimum absolute atomic E-state index is 0.0855. The van der Waals surface area contributed by atoms with E-state index in [1.807, 2.05) is 30.3 Å². The zero-order valence-corrected chi connectivity index (χ0v) is 16.9. The highest BCUT2D eigenvalue weighted by molar-refractivity contribution is 5.94. The molecule has 0 atom stereocenters. The molecule has 0 saturated carbocycles. The maximum atomic E-state index is 12.4. The van der Waals surface area contributed by atoms with Crippen molar-refractivity contribution >= 4 is 22.9 Å². The number of hydrogen-bond acceptors (Lipinski definition) is 7. The second-order valence-corrected chi connectivity index (χ2v) is 6.70. The molecule has 7 nitrogen and oxygen atoms in total. The van der Waals surface area contributed by atoms with Crippen LogP contribution in [0.15, 0.2) is 94.1 Å². The number of ether oxygens (including phenoxy) is 3. The summed E-state index contributed by atoms with van der Waals surface area (Å²) >= 11 is 0. The minimum atomic E-state index is -0.849. The Labute approximate surface area is 182 Å². The molecular weight excluding hydrogens is 412 g/mol. The van der Waals surface area contributed by atoms with E-state index in [0.717, 1.165) is 0 Å². The van der Waals surface area contributed by atoms with Gasteiger partial charge in [0.05, 0.1) is 5.56 Å². The third-order valence-electron chi connectivity index (χ3n) is 4.49. The number of benzene rings is 3. The molecule has 0 radical (unpaired) electrons. The van der Waals surface area contributed by atoms with Crippen molar-refractivity contribution in [3.8, 4) is 11.5 Å². The summed E-state index contributed by atoms with van der Waals surface area (Å²) in [6, 6.07) is 23.3. The summed E-state index contributed by atoms with van der Waals surface area (Å²) in [7, 11) is 0. The van der Waals surface area contributed by atoms with Gasteiger partial charge in [-0.2, -0.15) is 0 Å². The van der Waals surface area contributed by atoms with E-state index in [9.17, 15) is 14.4 Å². The smallest absolute Gasteiger partial charge is 0.351 e. The summed E-state index contributed by atoms with van der Waals surface area (Å²) in [6.07, 6.45) is 0. The molecule has 1 aromatic heterocycles. The highest BCUT2D eigenvalue weighted by atomic mass is 16.6. The minimum Gasteiger partial charge on any atom is -0.490 e. The average Bonchev–Trinajstić information content (AvgIpc) is 2.82. The lowest BCUT2D eigenvalue weighted by atomic mass is 10.2. The number of para-hydroxylation sites is 2. The molecule has 4 rings (SSSR count). The van der Waals surface area contributed by atoms with Crippen LogP contribution in [0.1, 0.15) is 20.7 Å². The molecule has 4 aromatic rings. The summed E-state index contributed by atoms with van der Waals surface area (Å²) in [5.41, 5.74) is -0.335. The third kappa shape index (κ3) is 5.02. The summed E-state index contributed by atoms with van der Waals surface area (Å²) in [4.78, 5) is 36.6. The van der Waals surface area contributed by atoms with E-state index in [1.165, 1.54) is 30.3 Å². The third-order valence-corrected chi connectivity index (χ3v) is 4.49. The number of carbonyl (C=O) groups is 2. The summed E-state index contributed by atoms with van der Waals surface area (Å²) < 4.78 is 21.0. The molecule has 0 amide bonds.